The molecule has 0 saturated heterocycles. The number of nitrogens with zero attached hydrogens (tertiary/aromatic N) is 1. The lowest BCUT2D eigenvalue weighted by atomic mass is 9.81. The minimum Gasteiger partial charge on any atom is -0.201 e. The van der Waals surface area contributed by atoms with Gasteiger partial charge in [0.2, 0.25) is 5.69 Å². The maximum absolute atomic E-state index is 8.53. The van der Waals surface area contributed by atoms with Crippen LogP contribution in [-0.4, -0.2) is 0 Å². The third kappa shape index (κ3) is 5.85. The lowest BCUT2D eigenvalue weighted by molar-refractivity contribution is -0.660. The molecular formula is C30H40N+. The van der Waals surface area contributed by atoms with E-state index in [1.165, 1.54) is 11.1 Å². The largest absolute Gasteiger partial charge is 0.212 e. The van der Waals surface area contributed by atoms with Gasteiger partial charge in [0.15, 0.2) is 6.20 Å². The van der Waals surface area contributed by atoms with Gasteiger partial charge in [0, 0.05) is 21.3 Å². The monoisotopic (exact) mass is 422 g/mol. The van der Waals surface area contributed by atoms with E-state index in [0.717, 1.165) is 29.7 Å². The van der Waals surface area contributed by atoms with Crippen molar-refractivity contribution in [1.29, 1.82) is 0 Å². The third-order valence-electron chi connectivity index (χ3n) is 5.30. The predicted octanol–water partition coefficient (Wildman–Crippen LogP) is 7.64. The molecule has 0 aliphatic heterocycles. The molecular weight excluding hydrogens is 374 g/mol. The Hall–Kier alpha value is -2.41. The highest BCUT2D eigenvalue weighted by molar-refractivity contribution is 5.75. The molecule has 0 atom stereocenters. The summed E-state index contributed by atoms with van der Waals surface area (Å²) in [5.41, 5.74) is 4.96. The standard InChI is InChI=1S/C30H40N/c1-21-15-22(2)27(17-26(21)23-13-11-10-12-14-23)28-16-24(18-29(3,4)5)25(20-31(28)9)19-30(6,7)8/h10-17,20H,18-19H2,1-9H3/q+1/i1D3,10D,11D,12D,13D,14D. The molecule has 3 aromatic rings. The number of aromatic nitrogens is 1. The van der Waals surface area contributed by atoms with Crippen molar-refractivity contribution < 1.29 is 15.5 Å². The van der Waals surface area contributed by atoms with Gasteiger partial charge >= 0.3 is 0 Å². The van der Waals surface area contributed by atoms with E-state index in [9.17, 15) is 0 Å². The molecule has 0 radical (unpaired) electrons. The molecule has 2 aromatic carbocycles. The fourth-order valence-corrected chi connectivity index (χ4v) is 4.06. The van der Waals surface area contributed by atoms with E-state index in [1.54, 1.807) is 12.1 Å². The Balaban J connectivity index is 2.42. The van der Waals surface area contributed by atoms with Crippen LogP contribution in [0.15, 0.2) is 54.6 Å². The van der Waals surface area contributed by atoms with Gasteiger partial charge in [0.05, 0.1) is 6.85 Å². The SMILES string of the molecule is [2H]c1c([2H])c([2H])c(-c2cc(-c3cc(CC(C)(C)C)c(CC(C)(C)C)c[n+]3C)c(C)cc2C([2H])([2H])[2H])c([2H])c1[2H]. The van der Waals surface area contributed by atoms with Crippen molar-refractivity contribution >= 4 is 0 Å². The Labute approximate surface area is 201 Å². The summed E-state index contributed by atoms with van der Waals surface area (Å²) in [7, 11) is 1.96. The van der Waals surface area contributed by atoms with Gasteiger partial charge in [-0.25, -0.2) is 4.57 Å². The number of hydrogen-bond acceptors (Lipinski definition) is 0. The molecule has 0 unspecified atom stereocenters. The van der Waals surface area contributed by atoms with E-state index in [-0.39, 0.29) is 27.5 Å². The lowest BCUT2D eigenvalue weighted by Gasteiger charge is -2.24. The van der Waals surface area contributed by atoms with Crippen LogP contribution >= 0.6 is 0 Å². The minimum atomic E-state index is -2.54. The van der Waals surface area contributed by atoms with Gasteiger partial charge in [-0.15, -0.1) is 0 Å². The second-order valence-electron chi connectivity index (χ2n) is 11.0. The van der Waals surface area contributed by atoms with E-state index in [0.29, 0.717) is 0 Å². The Bertz CT molecular complexity index is 1390. The zero-order valence-electron chi connectivity index (χ0n) is 28.2. The van der Waals surface area contributed by atoms with Crippen LogP contribution in [0.1, 0.15) is 74.8 Å². The maximum atomic E-state index is 8.53. The van der Waals surface area contributed by atoms with Crippen LogP contribution in [0.5, 0.6) is 0 Å². The number of aryl methyl sites for hydroxylation is 3. The molecule has 1 aromatic heterocycles. The van der Waals surface area contributed by atoms with E-state index in [1.807, 2.05) is 18.5 Å². The first-order valence-electron chi connectivity index (χ1n) is 14.9. The summed E-state index contributed by atoms with van der Waals surface area (Å²) >= 11 is 0. The van der Waals surface area contributed by atoms with Crippen LogP contribution in [0.25, 0.3) is 22.4 Å². The average Bonchev–Trinajstić information content (AvgIpc) is 2.76. The predicted molar refractivity (Wildman–Crippen MR) is 134 cm³/mol. The summed E-state index contributed by atoms with van der Waals surface area (Å²) in [6.45, 7) is 12.6. The Morgan fingerprint density at radius 3 is 2.00 bits per heavy atom. The molecule has 0 amide bonds. The summed E-state index contributed by atoms with van der Waals surface area (Å²) in [5, 5.41) is 0. The number of benzene rings is 2. The molecule has 1 heterocycles. The molecule has 0 fully saturated rings. The van der Waals surface area contributed by atoms with Gasteiger partial charge < -0.3 is 0 Å². The third-order valence-corrected chi connectivity index (χ3v) is 5.30. The summed E-state index contributed by atoms with van der Waals surface area (Å²) in [6.07, 6.45) is 3.90. The second-order valence-corrected chi connectivity index (χ2v) is 11.0. The molecule has 31 heavy (non-hydrogen) atoms. The molecule has 0 N–H and O–H groups in total. The number of rotatable bonds is 4. The van der Waals surface area contributed by atoms with Crippen LogP contribution in [0.3, 0.4) is 0 Å². The molecule has 0 aliphatic carbocycles. The first kappa shape index (κ1) is 14.6. The van der Waals surface area contributed by atoms with E-state index in [4.69, 9.17) is 11.0 Å². The van der Waals surface area contributed by atoms with Gasteiger partial charge in [-0.2, -0.15) is 0 Å². The summed E-state index contributed by atoms with van der Waals surface area (Å²) < 4.78 is 68.0. The maximum Gasteiger partial charge on any atom is 0.212 e. The normalized spacial score (nSPS) is 16.4. The molecule has 1 nitrogen and oxygen atoms in total. The smallest absolute Gasteiger partial charge is 0.201 e. The van der Waals surface area contributed by atoms with Crippen molar-refractivity contribution in [2.24, 2.45) is 17.9 Å². The van der Waals surface area contributed by atoms with Crippen LogP contribution < -0.4 is 4.57 Å². The lowest BCUT2D eigenvalue weighted by Crippen LogP contribution is -2.33. The summed E-state index contributed by atoms with van der Waals surface area (Å²) in [4.78, 5) is 0. The van der Waals surface area contributed by atoms with E-state index in [2.05, 4.69) is 53.8 Å². The van der Waals surface area contributed by atoms with Gasteiger partial charge in [0.1, 0.15) is 7.05 Å². The zero-order valence-corrected chi connectivity index (χ0v) is 20.2. The summed E-state index contributed by atoms with van der Waals surface area (Å²) in [5.74, 6) is 0. The van der Waals surface area contributed by atoms with Crippen molar-refractivity contribution in [2.75, 3.05) is 0 Å². The van der Waals surface area contributed by atoms with Gasteiger partial charge in [0.25, 0.3) is 0 Å². The molecule has 0 spiro atoms. The number of pyridine rings is 1. The van der Waals surface area contributed by atoms with Crippen LogP contribution in [0, 0.1) is 24.6 Å². The van der Waals surface area contributed by atoms with Gasteiger partial charge in [-0.3, -0.25) is 0 Å². The Morgan fingerprint density at radius 2 is 1.42 bits per heavy atom. The highest BCUT2D eigenvalue weighted by Crippen LogP contribution is 2.34. The Morgan fingerprint density at radius 1 is 0.806 bits per heavy atom. The highest BCUT2D eigenvalue weighted by atomic mass is 14.9. The molecule has 0 bridgehead atoms. The fourth-order valence-electron chi connectivity index (χ4n) is 4.06. The van der Waals surface area contributed by atoms with Gasteiger partial charge in [-0.05, 0) is 71.3 Å². The summed E-state index contributed by atoms with van der Waals surface area (Å²) in [6, 6.07) is 3.09. The average molecular weight is 423 g/mol. The first-order chi connectivity index (χ1) is 17.6. The zero-order chi connectivity index (χ0) is 29.8. The van der Waals surface area contributed by atoms with Gasteiger partial charge in [-0.1, -0.05) is 77.8 Å². The van der Waals surface area contributed by atoms with Crippen LogP contribution in [0.2, 0.25) is 0 Å². The fraction of sp³-hybridized carbons (Fsp3) is 0.433. The van der Waals surface area contributed by atoms with Crippen LogP contribution in [0.4, 0.5) is 0 Å². The topological polar surface area (TPSA) is 3.88 Å². The van der Waals surface area contributed by atoms with E-state index >= 15 is 0 Å². The van der Waals surface area contributed by atoms with E-state index < -0.39 is 37.1 Å². The minimum absolute atomic E-state index is 0.0378. The molecule has 3 rings (SSSR count). The van der Waals surface area contributed by atoms with Crippen LogP contribution in [-0.2, 0) is 19.9 Å². The van der Waals surface area contributed by atoms with Crippen molar-refractivity contribution in [2.45, 2.75) is 68.2 Å². The Kier molecular flexibility index (Phi) is 4.06. The van der Waals surface area contributed by atoms with Crippen molar-refractivity contribution in [3.8, 4) is 22.4 Å². The first-order valence-corrected chi connectivity index (χ1v) is 10.9. The molecule has 0 aliphatic rings. The van der Waals surface area contributed by atoms with Crippen molar-refractivity contribution in [1.82, 2.24) is 0 Å². The molecule has 1 heteroatoms. The number of hydrogen-bond donors (Lipinski definition) is 0. The quantitative estimate of drug-likeness (QED) is 0.380. The van der Waals surface area contributed by atoms with Crippen molar-refractivity contribution in [3.63, 3.8) is 0 Å². The highest BCUT2D eigenvalue weighted by Gasteiger charge is 2.24. The molecule has 0 saturated carbocycles. The van der Waals surface area contributed by atoms with Crippen molar-refractivity contribution in [3.05, 3.63) is 76.9 Å². The second kappa shape index (κ2) is 8.61. The molecule has 164 valence electrons.